The van der Waals surface area contributed by atoms with Crippen LogP contribution in [0.25, 0.3) is 0 Å². The molecule has 0 aliphatic heterocycles. The number of hydrogen-bond acceptors (Lipinski definition) is 8. The molecule has 126 valence electrons. The molecule has 0 aliphatic rings. The Kier molecular flexibility index (Phi) is 4.90. The average molecular weight is 351 g/mol. The molecule has 0 bridgehead atoms. The second kappa shape index (κ2) is 6.72. The van der Waals surface area contributed by atoms with E-state index < -0.39 is 11.7 Å². The molecule has 9 nitrogen and oxygen atoms in total. The van der Waals surface area contributed by atoms with Gasteiger partial charge in [-0.1, -0.05) is 11.6 Å². The van der Waals surface area contributed by atoms with Gasteiger partial charge in [0.1, 0.15) is 11.7 Å². The van der Waals surface area contributed by atoms with Crippen LogP contribution in [-0.2, 0) is 4.74 Å². The third kappa shape index (κ3) is 4.11. The minimum absolute atomic E-state index is 0.0130. The number of nitriles is 1. The zero-order valence-electron chi connectivity index (χ0n) is 13.5. The Morgan fingerprint density at radius 2 is 2.12 bits per heavy atom. The fraction of sp³-hybridized carbons (Fsp3) is 0.357. The molecule has 2 aromatic rings. The normalized spacial score (nSPS) is 10.8. The summed E-state index contributed by atoms with van der Waals surface area (Å²) < 4.78 is 11.3. The maximum atomic E-state index is 12.1. The summed E-state index contributed by atoms with van der Waals surface area (Å²) in [5.74, 6) is 0.711. The molecule has 0 atom stereocenters. The van der Waals surface area contributed by atoms with Gasteiger partial charge in [0, 0.05) is 6.07 Å². The average Bonchev–Trinajstić information content (AvgIpc) is 2.89. The molecule has 0 unspecified atom stereocenters. The van der Waals surface area contributed by atoms with Crippen LogP contribution in [0.4, 0.5) is 16.4 Å². The number of methoxy groups -OCH3 is 1. The molecule has 1 N–H and O–H groups in total. The molecule has 0 aliphatic carbocycles. The molecule has 0 fully saturated rings. The van der Waals surface area contributed by atoms with Crippen molar-refractivity contribution in [2.75, 3.05) is 12.4 Å². The van der Waals surface area contributed by atoms with E-state index in [0.717, 1.165) is 4.68 Å². The smallest absolute Gasteiger partial charge is 0.438 e. The summed E-state index contributed by atoms with van der Waals surface area (Å²) in [6.07, 6.45) is 0.639. The number of nitrogens with zero attached hydrogens (tertiary/aromatic N) is 5. The Hall–Kier alpha value is -2.86. The van der Waals surface area contributed by atoms with Crippen molar-refractivity contribution in [3.8, 4) is 11.9 Å². The molecular formula is C14H15ClN6O3. The molecule has 2 heterocycles. The Morgan fingerprint density at radius 1 is 1.42 bits per heavy atom. The molecule has 24 heavy (non-hydrogen) atoms. The van der Waals surface area contributed by atoms with Gasteiger partial charge in [0.2, 0.25) is 5.88 Å². The van der Waals surface area contributed by atoms with Crippen LogP contribution >= 0.6 is 11.6 Å². The first kappa shape index (κ1) is 17.5. The quantitative estimate of drug-likeness (QED) is 0.898. The predicted molar refractivity (Wildman–Crippen MR) is 85.5 cm³/mol. The van der Waals surface area contributed by atoms with Gasteiger partial charge in [-0.05, 0) is 20.8 Å². The van der Waals surface area contributed by atoms with Gasteiger partial charge < -0.3 is 14.8 Å². The van der Waals surface area contributed by atoms with E-state index in [0.29, 0.717) is 0 Å². The Balaban J connectivity index is 2.25. The highest BCUT2D eigenvalue weighted by atomic mass is 35.5. The minimum atomic E-state index is -0.684. The predicted octanol–water partition coefficient (Wildman–Crippen LogP) is 2.73. The molecule has 0 saturated carbocycles. The standard InChI is InChI=1S/C14H15ClN6O3/c1-14(2,3)24-13(22)21-11(23-4)5-9(20-21)18-10-7-17-8(6-16)12(15)19-10/h5,7H,1-4H3,(H,18,19,20). The lowest BCUT2D eigenvalue weighted by Gasteiger charge is -2.19. The Morgan fingerprint density at radius 3 is 2.67 bits per heavy atom. The van der Waals surface area contributed by atoms with Gasteiger partial charge in [0.05, 0.1) is 13.3 Å². The van der Waals surface area contributed by atoms with Crippen LogP contribution in [0, 0.1) is 11.3 Å². The summed E-state index contributed by atoms with van der Waals surface area (Å²) in [7, 11) is 1.40. The van der Waals surface area contributed by atoms with Crippen molar-refractivity contribution in [3.63, 3.8) is 0 Å². The van der Waals surface area contributed by atoms with E-state index in [-0.39, 0.29) is 28.4 Å². The lowest BCUT2D eigenvalue weighted by molar-refractivity contribution is 0.0500. The number of hydrogen-bond donors (Lipinski definition) is 1. The molecule has 0 amide bonds. The van der Waals surface area contributed by atoms with Crippen LogP contribution in [0.1, 0.15) is 26.5 Å². The number of ether oxygens (including phenoxy) is 2. The summed E-state index contributed by atoms with van der Waals surface area (Å²) in [6, 6.07) is 3.29. The van der Waals surface area contributed by atoms with E-state index in [2.05, 4.69) is 20.4 Å². The highest BCUT2D eigenvalue weighted by molar-refractivity contribution is 6.30. The topological polar surface area (TPSA) is 115 Å². The van der Waals surface area contributed by atoms with Gasteiger partial charge in [0.15, 0.2) is 22.5 Å². The third-order valence-electron chi connectivity index (χ3n) is 2.54. The van der Waals surface area contributed by atoms with Crippen molar-refractivity contribution in [3.05, 3.63) is 23.1 Å². The molecule has 2 aromatic heterocycles. The number of nitrogens with one attached hydrogen (secondary N) is 1. The summed E-state index contributed by atoms with van der Waals surface area (Å²) in [5.41, 5.74) is -0.660. The van der Waals surface area contributed by atoms with Crippen LogP contribution in [-0.4, -0.2) is 38.6 Å². The van der Waals surface area contributed by atoms with Crippen molar-refractivity contribution >= 4 is 29.3 Å². The molecule has 0 saturated heterocycles. The largest absolute Gasteiger partial charge is 0.481 e. The Labute approximate surface area is 143 Å². The number of anilines is 2. The summed E-state index contributed by atoms with van der Waals surface area (Å²) >= 11 is 5.82. The van der Waals surface area contributed by atoms with Crippen LogP contribution in [0.2, 0.25) is 5.15 Å². The number of carbonyl (C=O) groups is 1. The van der Waals surface area contributed by atoms with Gasteiger partial charge in [-0.3, -0.25) is 0 Å². The zero-order chi connectivity index (χ0) is 17.9. The molecule has 0 aromatic carbocycles. The van der Waals surface area contributed by atoms with Gasteiger partial charge >= 0.3 is 6.09 Å². The summed E-state index contributed by atoms with van der Waals surface area (Å²) in [5, 5.41) is 15.6. The van der Waals surface area contributed by atoms with Crippen LogP contribution in [0.15, 0.2) is 12.3 Å². The van der Waals surface area contributed by atoms with E-state index >= 15 is 0 Å². The number of rotatable bonds is 3. The van der Waals surface area contributed by atoms with Crippen molar-refractivity contribution < 1.29 is 14.3 Å². The molecule has 10 heteroatoms. The lowest BCUT2D eigenvalue weighted by Crippen LogP contribution is -2.28. The van der Waals surface area contributed by atoms with Gasteiger partial charge in [-0.25, -0.2) is 14.8 Å². The molecule has 0 spiro atoms. The summed E-state index contributed by atoms with van der Waals surface area (Å²) in [4.78, 5) is 20.0. The number of carbonyl (C=O) groups excluding carboxylic acids is 1. The fourth-order valence-electron chi connectivity index (χ4n) is 1.64. The van der Waals surface area contributed by atoms with Gasteiger partial charge in [-0.2, -0.15) is 5.26 Å². The maximum absolute atomic E-state index is 12.1. The van der Waals surface area contributed by atoms with Gasteiger partial charge in [0.25, 0.3) is 0 Å². The van der Waals surface area contributed by atoms with Crippen LogP contribution < -0.4 is 10.1 Å². The highest BCUT2D eigenvalue weighted by Gasteiger charge is 2.22. The fourth-order valence-corrected chi connectivity index (χ4v) is 1.82. The summed E-state index contributed by atoms with van der Waals surface area (Å²) in [6.45, 7) is 5.23. The first-order chi connectivity index (χ1) is 11.2. The van der Waals surface area contributed by atoms with E-state index in [1.54, 1.807) is 20.8 Å². The number of halogens is 1. The first-order valence-electron chi connectivity index (χ1n) is 6.80. The lowest BCUT2D eigenvalue weighted by atomic mass is 10.2. The molecular weight excluding hydrogens is 336 g/mol. The van der Waals surface area contributed by atoms with Crippen molar-refractivity contribution in [2.45, 2.75) is 26.4 Å². The van der Waals surface area contributed by atoms with Crippen LogP contribution in [0.5, 0.6) is 5.88 Å². The second-order valence-corrected chi connectivity index (χ2v) is 5.95. The van der Waals surface area contributed by atoms with Gasteiger partial charge in [-0.15, -0.1) is 9.78 Å². The minimum Gasteiger partial charge on any atom is -0.481 e. The highest BCUT2D eigenvalue weighted by Crippen LogP contribution is 2.22. The molecule has 0 radical (unpaired) electrons. The van der Waals surface area contributed by atoms with E-state index in [1.807, 2.05) is 6.07 Å². The second-order valence-electron chi connectivity index (χ2n) is 5.60. The zero-order valence-corrected chi connectivity index (χ0v) is 14.2. The SMILES string of the molecule is COc1cc(Nc2cnc(C#N)c(Cl)n2)nn1C(=O)OC(C)(C)C. The van der Waals surface area contributed by atoms with E-state index in [1.165, 1.54) is 19.4 Å². The molecule has 2 rings (SSSR count). The third-order valence-corrected chi connectivity index (χ3v) is 2.81. The van der Waals surface area contributed by atoms with Crippen LogP contribution in [0.3, 0.4) is 0 Å². The van der Waals surface area contributed by atoms with E-state index in [4.69, 9.17) is 26.3 Å². The Bertz CT molecular complexity index is 806. The van der Waals surface area contributed by atoms with Crippen molar-refractivity contribution in [1.29, 1.82) is 5.26 Å². The van der Waals surface area contributed by atoms with E-state index in [9.17, 15) is 4.79 Å². The van der Waals surface area contributed by atoms with Crippen molar-refractivity contribution in [1.82, 2.24) is 19.7 Å². The van der Waals surface area contributed by atoms with Crippen molar-refractivity contribution in [2.24, 2.45) is 0 Å². The first-order valence-corrected chi connectivity index (χ1v) is 7.18. The number of aromatic nitrogens is 4. The maximum Gasteiger partial charge on any atom is 0.438 e. The monoisotopic (exact) mass is 350 g/mol.